The Morgan fingerprint density at radius 1 is 1.06 bits per heavy atom. The van der Waals surface area contributed by atoms with Gasteiger partial charge in [0.1, 0.15) is 5.75 Å². The van der Waals surface area contributed by atoms with Crippen LogP contribution in [0.15, 0.2) is 59.5 Å². The van der Waals surface area contributed by atoms with Crippen molar-refractivity contribution in [1.82, 2.24) is 9.62 Å². The molecule has 0 aromatic heterocycles. The Kier molecular flexibility index (Phi) is 9.97. The Bertz CT molecular complexity index is 899. The van der Waals surface area contributed by atoms with E-state index < -0.39 is 10.0 Å². The highest BCUT2D eigenvalue weighted by molar-refractivity contribution is 7.89. The second-order valence-corrected chi connectivity index (χ2v) is 9.22. The highest BCUT2D eigenvalue weighted by Crippen LogP contribution is 2.21. The number of hydrogen-bond acceptors (Lipinski definition) is 5. The molecular formula is C23H32N2O5S. The van der Waals surface area contributed by atoms with E-state index in [0.717, 1.165) is 5.56 Å². The SMILES string of the molecule is CCOc1ccc(S(=O)(=O)N(CC(=O)NCCCOC(C)C)Cc2ccccc2)cc1. The second-order valence-electron chi connectivity index (χ2n) is 7.29. The first kappa shape index (κ1) is 24.8. The number of sulfonamides is 1. The number of hydrogen-bond donors (Lipinski definition) is 1. The molecule has 1 N–H and O–H groups in total. The molecule has 31 heavy (non-hydrogen) atoms. The third-order valence-electron chi connectivity index (χ3n) is 4.39. The molecule has 0 fully saturated rings. The monoisotopic (exact) mass is 448 g/mol. The lowest BCUT2D eigenvalue weighted by atomic mass is 10.2. The average Bonchev–Trinajstić information content (AvgIpc) is 2.74. The fourth-order valence-corrected chi connectivity index (χ4v) is 4.26. The first-order chi connectivity index (χ1) is 14.8. The number of carbonyl (C=O) groups excluding carboxylic acids is 1. The van der Waals surface area contributed by atoms with E-state index in [4.69, 9.17) is 9.47 Å². The summed E-state index contributed by atoms with van der Waals surface area (Å²) in [6, 6.07) is 15.4. The Morgan fingerprint density at radius 2 is 1.74 bits per heavy atom. The van der Waals surface area contributed by atoms with E-state index in [0.29, 0.717) is 31.9 Å². The standard InChI is InChI=1S/C23H32N2O5S/c1-4-29-21-11-13-22(14-12-21)31(27,28)25(17-20-9-6-5-7-10-20)18-23(26)24-15-8-16-30-19(2)3/h5-7,9-14,19H,4,8,15-18H2,1-3H3,(H,24,26). The number of amides is 1. The van der Waals surface area contributed by atoms with Gasteiger partial charge in [0, 0.05) is 19.7 Å². The molecule has 0 aliphatic heterocycles. The zero-order valence-corrected chi connectivity index (χ0v) is 19.2. The second kappa shape index (κ2) is 12.4. The summed E-state index contributed by atoms with van der Waals surface area (Å²) in [6.45, 7) is 7.05. The van der Waals surface area contributed by atoms with Crippen LogP contribution in [-0.2, 0) is 26.1 Å². The van der Waals surface area contributed by atoms with Gasteiger partial charge in [-0.15, -0.1) is 0 Å². The molecule has 0 heterocycles. The Morgan fingerprint density at radius 3 is 2.35 bits per heavy atom. The van der Waals surface area contributed by atoms with Crippen LogP contribution in [0.25, 0.3) is 0 Å². The summed E-state index contributed by atoms with van der Waals surface area (Å²) in [6.07, 6.45) is 0.796. The van der Waals surface area contributed by atoms with E-state index in [1.807, 2.05) is 51.1 Å². The fraction of sp³-hybridized carbons (Fsp3) is 0.435. The van der Waals surface area contributed by atoms with Gasteiger partial charge >= 0.3 is 0 Å². The minimum atomic E-state index is -3.88. The van der Waals surface area contributed by atoms with Gasteiger partial charge in [-0.3, -0.25) is 4.79 Å². The van der Waals surface area contributed by atoms with Crippen LogP contribution in [0.5, 0.6) is 5.75 Å². The van der Waals surface area contributed by atoms with Crippen LogP contribution in [0.1, 0.15) is 32.8 Å². The number of nitrogens with one attached hydrogen (secondary N) is 1. The molecule has 1 amide bonds. The number of ether oxygens (including phenoxy) is 2. The lowest BCUT2D eigenvalue weighted by molar-refractivity contribution is -0.121. The maximum absolute atomic E-state index is 13.3. The number of carbonyl (C=O) groups is 1. The van der Waals surface area contributed by atoms with E-state index >= 15 is 0 Å². The maximum atomic E-state index is 13.3. The van der Waals surface area contributed by atoms with Gasteiger partial charge in [-0.05, 0) is 57.0 Å². The number of nitrogens with zero attached hydrogens (tertiary/aromatic N) is 1. The van der Waals surface area contributed by atoms with Gasteiger partial charge in [-0.25, -0.2) is 8.42 Å². The summed E-state index contributed by atoms with van der Waals surface area (Å²) < 4.78 is 38.6. The van der Waals surface area contributed by atoms with Gasteiger partial charge in [0.2, 0.25) is 15.9 Å². The molecule has 0 radical (unpaired) electrons. The Labute approximate surface area is 185 Å². The van der Waals surface area contributed by atoms with Gasteiger partial charge in [-0.2, -0.15) is 4.31 Å². The molecule has 2 aromatic rings. The van der Waals surface area contributed by atoms with E-state index in [9.17, 15) is 13.2 Å². The molecule has 0 saturated carbocycles. The van der Waals surface area contributed by atoms with Crippen molar-refractivity contribution in [3.63, 3.8) is 0 Å². The molecule has 0 aliphatic rings. The molecule has 0 bridgehead atoms. The maximum Gasteiger partial charge on any atom is 0.243 e. The van der Waals surface area contributed by atoms with Crippen LogP contribution in [-0.4, -0.2) is 51.0 Å². The lowest BCUT2D eigenvalue weighted by Crippen LogP contribution is -2.40. The molecule has 2 rings (SSSR count). The third-order valence-corrected chi connectivity index (χ3v) is 6.19. The molecule has 0 unspecified atom stereocenters. The highest BCUT2D eigenvalue weighted by Gasteiger charge is 2.27. The van der Waals surface area contributed by atoms with Crippen molar-refractivity contribution >= 4 is 15.9 Å². The van der Waals surface area contributed by atoms with E-state index in [1.54, 1.807) is 12.1 Å². The van der Waals surface area contributed by atoms with Crippen molar-refractivity contribution in [1.29, 1.82) is 0 Å². The van der Waals surface area contributed by atoms with Gasteiger partial charge in [-0.1, -0.05) is 30.3 Å². The lowest BCUT2D eigenvalue weighted by Gasteiger charge is -2.22. The predicted molar refractivity (Wildman–Crippen MR) is 120 cm³/mol. The topological polar surface area (TPSA) is 84.9 Å². The number of rotatable bonds is 13. The van der Waals surface area contributed by atoms with E-state index in [2.05, 4.69) is 5.32 Å². The summed E-state index contributed by atoms with van der Waals surface area (Å²) in [4.78, 5) is 12.6. The van der Waals surface area contributed by atoms with Crippen LogP contribution < -0.4 is 10.1 Å². The van der Waals surface area contributed by atoms with Crippen LogP contribution in [0.3, 0.4) is 0 Å². The van der Waals surface area contributed by atoms with Gasteiger partial charge < -0.3 is 14.8 Å². The molecule has 0 saturated heterocycles. The molecule has 7 nitrogen and oxygen atoms in total. The molecular weight excluding hydrogens is 416 g/mol. The van der Waals surface area contributed by atoms with Crippen molar-refractivity contribution in [3.8, 4) is 5.75 Å². The fourth-order valence-electron chi connectivity index (χ4n) is 2.87. The van der Waals surface area contributed by atoms with E-state index in [-0.39, 0.29) is 30.0 Å². The Balaban J connectivity index is 2.11. The summed E-state index contributed by atoms with van der Waals surface area (Å²) >= 11 is 0. The zero-order valence-electron chi connectivity index (χ0n) is 18.4. The van der Waals surface area contributed by atoms with Crippen molar-refractivity contribution < 1.29 is 22.7 Å². The van der Waals surface area contributed by atoms with Gasteiger partial charge in [0.25, 0.3) is 0 Å². The minimum Gasteiger partial charge on any atom is -0.494 e. The van der Waals surface area contributed by atoms with Crippen molar-refractivity contribution in [3.05, 3.63) is 60.2 Å². The third kappa shape index (κ3) is 8.32. The first-order valence-electron chi connectivity index (χ1n) is 10.5. The zero-order chi connectivity index (χ0) is 22.7. The molecule has 0 spiro atoms. The Hall–Kier alpha value is -2.42. The van der Waals surface area contributed by atoms with Gasteiger partial charge in [0.05, 0.1) is 24.2 Å². The van der Waals surface area contributed by atoms with E-state index in [1.165, 1.54) is 16.4 Å². The molecule has 0 atom stereocenters. The first-order valence-corrected chi connectivity index (χ1v) is 11.9. The molecule has 0 aliphatic carbocycles. The molecule has 8 heteroatoms. The minimum absolute atomic E-state index is 0.0975. The summed E-state index contributed by atoms with van der Waals surface area (Å²) in [7, 11) is -3.88. The van der Waals surface area contributed by atoms with Crippen LogP contribution in [0, 0.1) is 0 Å². The van der Waals surface area contributed by atoms with Crippen LogP contribution in [0.4, 0.5) is 0 Å². The largest absolute Gasteiger partial charge is 0.494 e. The summed E-state index contributed by atoms with van der Waals surface area (Å²) in [5.74, 6) is 0.243. The highest BCUT2D eigenvalue weighted by atomic mass is 32.2. The quantitative estimate of drug-likeness (QED) is 0.476. The summed E-state index contributed by atoms with van der Waals surface area (Å²) in [5.41, 5.74) is 0.801. The average molecular weight is 449 g/mol. The van der Waals surface area contributed by atoms with Crippen molar-refractivity contribution in [2.24, 2.45) is 0 Å². The van der Waals surface area contributed by atoms with Gasteiger partial charge in [0.15, 0.2) is 0 Å². The number of benzene rings is 2. The van der Waals surface area contributed by atoms with Crippen molar-refractivity contribution in [2.45, 2.75) is 44.7 Å². The van der Waals surface area contributed by atoms with Crippen molar-refractivity contribution in [2.75, 3.05) is 26.3 Å². The molecule has 2 aromatic carbocycles. The normalized spacial score (nSPS) is 11.6. The molecule has 170 valence electrons. The predicted octanol–water partition coefficient (Wildman–Crippen LogP) is 3.21. The summed E-state index contributed by atoms with van der Waals surface area (Å²) in [5, 5.41) is 2.78. The van der Waals surface area contributed by atoms with Crippen LogP contribution in [0.2, 0.25) is 0 Å². The smallest absolute Gasteiger partial charge is 0.243 e. The van der Waals surface area contributed by atoms with Crippen LogP contribution >= 0.6 is 0 Å².